The maximum Gasteiger partial charge on any atom is -0.0266 e. The number of hydrogen-bond acceptors (Lipinski definition) is 0. The molecule has 2 atom stereocenters. The van der Waals surface area contributed by atoms with Gasteiger partial charge in [0.15, 0.2) is 0 Å². The second-order valence-electron chi connectivity index (χ2n) is 4.52. The summed E-state index contributed by atoms with van der Waals surface area (Å²) >= 11 is 0. The summed E-state index contributed by atoms with van der Waals surface area (Å²) in [7, 11) is 0. The van der Waals surface area contributed by atoms with E-state index in [9.17, 15) is 0 Å². The minimum Gasteiger partial charge on any atom is -0.0654 e. The summed E-state index contributed by atoms with van der Waals surface area (Å²) in [4.78, 5) is 0. The van der Waals surface area contributed by atoms with Crippen LogP contribution >= 0.6 is 0 Å². The van der Waals surface area contributed by atoms with Gasteiger partial charge in [-0.3, -0.25) is 0 Å². The third-order valence-electron chi connectivity index (χ3n) is 3.51. The van der Waals surface area contributed by atoms with Gasteiger partial charge in [-0.05, 0) is 30.1 Å². The van der Waals surface area contributed by atoms with E-state index in [0.29, 0.717) is 0 Å². The maximum absolute atomic E-state index is 2.37. The first-order chi connectivity index (χ1) is 5.16. The predicted octanol–water partition coefficient (Wildman–Crippen LogP) is 3.86. The van der Waals surface area contributed by atoms with Gasteiger partial charge >= 0.3 is 0 Å². The summed E-state index contributed by atoms with van der Waals surface area (Å²) < 4.78 is 0. The Morgan fingerprint density at radius 3 is 2.27 bits per heavy atom. The van der Waals surface area contributed by atoms with E-state index in [4.69, 9.17) is 0 Å². The van der Waals surface area contributed by atoms with Crippen molar-refractivity contribution in [3.63, 3.8) is 0 Å². The van der Waals surface area contributed by atoms with Crippen LogP contribution < -0.4 is 0 Å². The third kappa shape index (κ3) is 1.60. The summed E-state index contributed by atoms with van der Waals surface area (Å²) in [6.45, 7) is 9.42. The molecule has 0 saturated heterocycles. The van der Waals surface area contributed by atoms with E-state index < -0.39 is 0 Å². The minimum atomic E-state index is 0.781. The quantitative estimate of drug-likeness (QED) is 0.577. The lowest BCUT2D eigenvalue weighted by Crippen LogP contribution is -2.05. The molecule has 1 aliphatic rings. The van der Waals surface area contributed by atoms with Gasteiger partial charge in [-0.2, -0.15) is 0 Å². The molecule has 1 rings (SSSR count). The second kappa shape index (κ2) is 3.16. The molecule has 0 spiro atoms. The molecule has 0 radical (unpaired) electrons. The fraction of sp³-hybridized carbons (Fsp3) is 1.00. The van der Waals surface area contributed by atoms with E-state index in [1.807, 2.05) is 0 Å². The van der Waals surface area contributed by atoms with Crippen LogP contribution in [0.15, 0.2) is 0 Å². The molecule has 0 N–H and O–H groups in total. The average molecular weight is 154 g/mol. The molecule has 2 unspecified atom stereocenters. The fourth-order valence-electron chi connectivity index (χ4n) is 2.69. The van der Waals surface area contributed by atoms with Gasteiger partial charge in [0.05, 0.1) is 0 Å². The standard InChI is InChI=1S/C11H22/c1-5-7-11(6-2)8-10(11)9(3)4/h9-10H,5-8H2,1-4H3. The molecule has 0 aromatic carbocycles. The molecule has 0 bridgehead atoms. The zero-order valence-electron chi connectivity index (χ0n) is 8.48. The van der Waals surface area contributed by atoms with Crippen molar-refractivity contribution in [2.75, 3.05) is 0 Å². The zero-order valence-corrected chi connectivity index (χ0v) is 8.48. The first-order valence-electron chi connectivity index (χ1n) is 5.16. The van der Waals surface area contributed by atoms with Crippen LogP contribution in [0.4, 0.5) is 0 Å². The molecule has 0 nitrogen and oxygen atoms in total. The van der Waals surface area contributed by atoms with E-state index in [2.05, 4.69) is 27.7 Å². The average Bonchev–Trinajstić information content (AvgIpc) is 2.65. The normalized spacial score (nSPS) is 36.3. The Morgan fingerprint density at radius 1 is 1.36 bits per heavy atom. The van der Waals surface area contributed by atoms with Gasteiger partial charge in [0, 0.05) is 0 Å². The van der Waals surface area contributed by atoms with Crippen molar-refractivity contribution in [1.82, 2.24) is 0 Å². The summed E-state index contributed by atoms with van der Waals surface area (Å²) in [5, 5.41) is 0. The van der Waals surface area contributed by atoms with Gasteiger partial charge in [-0.25, -0.2) is 0 Å². The van der Waals surface area contributed by atoms with Gasteiger partial charge in [0.2, 0.25) is 0 Å². The summed E-state index contributed by atoms with van der Waals surface area (Å²) in [6.07, 6.45) is 5.75. The molecular formula is C11H22. The van der Waals surface area contributed by atoms with Crippen molar-refractivity contribution in [1.29, 1.82) is 0 Å². The largest absolute Gasteiger partial charge is 0.0654 e. The Balaban J connectivity index is 2.42. The topological polar surface area (TPSA) is 0 Å². The van der Waals surface area contributed by atoms with Crippen LogP contribution in [-0.2, 0) is 0 Å². The molecule has 0 heteroatoms. The highest BCUT2D eigenvalue weighted by Crippen LogP contribution is 2.61. The molecule has 11 heavy (non-hydrogen) atoms. The smallest absolute Gasteiger partial charge is 0.0266 e. The molecule has 0 aromatic rings. The Labute approximate surface area is 71.4 Å². The highest BCUT2D eigenvalue weighted by atomic mass is 14.6. The van der Waals surface area contributed by atoms with Crippen molar-refractivity contribution in [3.8, 4) is 0 Å². The fourth-order valence-corrected chi connectivity index (χ4v) is 2.69. The van der Waals surface area contributed by atoms with E-state index in [1.54, 1.807) is 0 Å². The third-order valence-corrected chi connectivity index (χ3v) is 3.51. The van der Waals surface area contributed by atoms with E-state index in [-0.39, 0.29) is 0 Å². The lowest BCUT2D eigenvalue weighted by molar-refractivity contribution is 0.353. The summed E-state index contributed by atoms with van der Waals surface area (Å²) in [6, 6.07) is 0. The van der Waals surface area contributed by atoms with E-state index in [1.165, 1.54) is 25.7 Å². The van der Waals surface area contributed by atoms with Crippen LogP contribution in [0.5, 0.6) is 0 Å². The molecule has 0 amide bonds. The van der Waals surface area contributed by atoms with Gasteiger partial charge in [-0.1, -0.05) is 40.5 Å². The molecule has 0 aromatic heterocycles. The lowest BCUT2D eigenvalue weighted by Gasteiger charge is -2.15. The molecule has 1 aliphatic carbocycles. The van der Waals surface area contributed by atoms with Crippen LogP contribution in [0.2, 0.25) is 0 Å². The molecule has 0 heterocycles. The SMILES string of the molecule is CCCC1(CC)CC1C(C)C. The number of rotatable bonds is 4. The molecule has 1 fully saturated rings. The maximum atomic E-state index is 2.37. The Hall–Kier alpha value is 0. The summed E-state index contributed by atoms with van der Waals surface area (Å²) in [5.74, 6) is 1.97. The van der Waals surface area contributed by atoms with Crippen LogP contribution in [0, 0.1) is 17.3 Å². The molecule has 66 valence electrons. The van der Waals surface area contributed by atoms with Gasteiger partial charge in [0.25, 0.3) is 0 Å². The van der Waals surface area contributed by atoms with Crippen molar-refractivity contribution in [3.05, 3.63) is 0 Å². The number of hydrogen-bond donors (Lipinski definition) is 0. The monoisotopic (exact) mass is 154 g/mol. The first kappa shape index (κ1) is 9.09. The highest BCUT2D eigenvalue weighted by molar-refractivity contribution is 5.01. The van der Waals surface area contributed by atoms with E-state index in [0.717, 1.165) is 17.3 Å². The molecule has 0 aliphatic heterocycles. The van der Waals surface area contributed by atoms with Crippen LogP contribution in [0.25, 0.3) is 0 Å². The Kier molecular flexibility index (Phi) is 2.61. The molecular weight excluding hydrogens is 132 g/mol. The van der Waals surface area contributed by atoms with Crippen molar-refractivity contribution >= 4 is 0 Å². The lowest BCUT2D eigenvalue weighted by atomic mass is 9.90. The van der Waals surface area contributed by atoms with Gasteiger partial charge < -0.3 is 0 Å². The van der Waals surface area contributed by atoms with Gasteiger partial charge in [0.1, 0.15) is 0 Å². The molecule has 1 saturated carbocycles. The van der Waals surface area contributed by atoms with Crippen molar-refractivity contribution < 1.29 is 0 Å². The van der Waals surface area contributed by atoms with Crippen LogP contribution in [0.1, 0.15) is 53.4 Å². The van der Waals surface area contributed by atoms with E-state index >= 15 is 0 Å². The van der Waals surface area contributed by atoms with Crippen LogP contribution in [-0.4, -0.2) is 0 Å². The Morgan fingerprint density at radius 2 is 2.00 bits per heavy atom. The zero-order chi connectivity index (χ0) is 8.48. The summed E-state index contributed by atoms with van der Waals surface area (Å²) in [5.41, 5.74) is 0.781. The first-order valence-corrected chi connectivity index (χ1v) is 5.16. The van der Waals surface area contributed by atoms with Crippen molar-refractivity contribution in [2.45, 2.75) is 53.4 Å². The minimum absolute atomic E-state index is 0.781. The van der Waals surface area contributed by atoms with Crippen molar-refractivity contribution in [2.24, 2.45) is 17.3 Å². The van der Waals surface area contributed by atoms with Crippen LogP contribution in [0.3, 0.4) is 0 Å². The Bertz CT molecular complexity index is 126. The van der Waals surface area contributed by atoms with Gasteiger partial charge in [-0.15, -0.1) is 0 Å². The second-order valence-corrected chi connectivity index (χ2v) is 4.52. The predicted molar refractivity (Wildman–Crippen MR) is 50.6 cm³/mol. The highest BCUT2D eigenvalue weighted by Gasteiger charge is 2.52.